The molecular formula is C19H23ClN2O. The molecule has 0 heterocycles. The Morgan fingerprint density at radius 1 is 1.09 bits per heavy atom. The van der Waals surface area contributed by atoms with Gasteiger partial charge in [-0.1, -0.05) is 54.1 Å². The van der Waals surface area contributed by atoms with Gasteiger partial charge in [0.15, 0.2) is 0 Å². The van der Waals surface area contributed by atoms with Gasteiger partial charge in [0.1, 0.15) is 0 Å². The van der Waals surface area contributed by atoms with Gasteiger partial charge < -0.3 is 10.2 Å². The van der Waals surface area contributed by atoms with E-state index in [1.165, 1.54) is 0 Å². The van der Waals surface area contributed by atoms with E-state index in [4.69, 9.17) is 11.6 Å². The summed E-state index contributed by atoms with van der Waals surface area (Å²) in [5.41, 5.74) is 1.67. The van der Waals surface area contributed by atoms with E-state index in [1.807, 2.05) is 75.4 Å². The van der Waals surface area contributed by atoms with Gasteiger partial charge in [-0.05, 0) is 44.0 Å². The first kappa shape index (κ1) is 17.4. The molecule has 3 nitrogen and oxygen atoms in total. The van der Waals surface area contributed by atoms with Crippen molar-refractivity contribution >= 4 is 17.6 Å². The van der Waals surface area contributed by atoms with Crippen molar-refractivity contribution in [1.82, 2.24) is 10.2 Å². The van der Waals surface area contributed by atoms with E-state index >= 15 is 0 Å². The second kappa shape index (κ2) is 7.51. The fraction of sp³-hybridized carbons (Fsp3) is 0.316. The fourth-order valence-electron chi connectivity index (χ4n) is 2.42. The minimum atomic E-state index is -0.466. The zero-order valence-corrected chi connectivity index (χ0v) is 14.6. The average Bonchev–Trinajstić information content (AvgIpc) is 2.53. The van der Waals surface area contributed by atoms with Gasteiger partial charge in [-0.3, -0.25) is 0 Å². The van der Waals surface area contributed by atoms with Crippen molar-refractivity contribution < 1.29 is 4.79 Å². The minimum Gasteiger partial charge on any atom is -0.329 e. The molecule has 122 valence electrons. The van der Waals surface area contributed by atoms with E-state index in [0.717, 1.165) is 11.1 Å². The number of hydrogen-bond acceptors (Lipinski definition) is 1. The summed E-state index contributed by atoms with van der Waals surface area (Å²) in [6, 6.07) is 17.5. The maximum absolute atomic E-state index is 12.6. The van der Waals surface area contributed by atoms with Crippen molar-refractivity contribution in [1.29, 1.82) is 0 Å². The molecule has 0 fully saturated rings. The largest absolute Gasteiger partial charge is 0.329 e. The second-order valence-corrected chi connectivity index (χ2v) is 6.50. The number of hydrogen-bond donors (Lipinski definition) is 1. The molecule has 0 atom stereocenters. The molecule has 0 saturated carbocycles. The van der Waals surface area contributed by atoms with Crippen LogP contribution in [0.3, 0.4) is 0 Å². The number of urea groups is 1. The Bertz CT molecular complexity index is 638. The lowest BCUT2D eigenvalue weighted by molar-refractivity contribution is 0.187. The van der Waals surface area contributed by atoms with Crippen LogP contribution in [-0.4, -0.2) is 17.5 Å². The molecule has 1 N–H and O–H groups in total. The summed E-state index contributed by atoms with van der Waals surface area (Å²) in [6.45, 7) is 7.21. The SMILES string of the molecule is CCN(Cc1ccccc1)C(=O)NC(C)(C)c1ccc(Cl)cc1. The lowest BCUT2D eigenvalue weighted by atomic mass is 9.94. The molecule has 0 aliphatic heterocycles. The highest BCUT2D eigenvalue weighted by Crippen LogP contribution is 2.22. The summed E-state index contributed by atoms with van der Waals surface area (Å²) in [6.07, 6.45) is 0. The van der Waals surface area contributed by atoms with E-state index in [-0.39, 0.29) is 6.03 Å². The summed E-state index contributed by atoms with van der Waals surface area (Å²) in [7, 11) is 0. The number of carbonyl (C=O) groups excluding carboxylic acids is 1. The number of nitrogens with one attached hydrogen (secondary N) is 1. The molecule has 0 aliphatic rings. The maximum Gasteiger partial charge on any atom is 0.318 e. The van der Waals surface area contributed by atoms with Gasteiger partial charge in [0.2, 0.25) is 0 Å². The topological polar surface area (TPSA) is 32.3 Å². The lowest BCUT2D eigenvalue weighted by Gasteiger charge is -2.31. The van der Waals surface area contributed by atoms with E-state index < -0.39 is 5.54 Å². The van der Waals surface area contributed by atoms with Gasteiger partial charge in [-0.25, -0.2) is 4.79 Å². The fourth-order valence-corrected chi connectivity index (χ4v) is 2.54. The molecule has 2 aromatic carbocycles. The van der Waals surface area contributed by atoms with Gasteiger partial charge in [0, 0.05) is 18.1 Å². The van der Waals surface area contributed by atoms with Crippen LogP contribution in [0.25, 0.3) is 0 Å². The normalized spacial score (nSPS) is 11.1. The van der Waals surface area contributed by atoms with Crippen LogP contribution in [0.1, 0.15) is 31.9 Å². The molecule has 2 rings (SSSR count). The number of benzene rings is 2. The lowest BCUT2D eigenvalue weighted by Crippen LogP contribution is -2.48. The van der Waals surface area contributed by atoms with Crippen molar-refractivity contribution in [2.75, 3.05) is 6.54 Å². The van der Waals surface area contributed by atoms with Crippen LogP contribution in [0.4, 0.5) is 4.79 Å². The van der Waals surface area contributed by atoms with E-state index in [0.29, 0.717) is 18.1 Å². The first-order chi connectivity index (χ1) is 10.9. The standard InChI is InChI=1S/C19H23ClN2O/c1-4-22(14-15-8-6-5-7-9-15)18(23)21-19(2,3)16-10-12-17(20)13-11-16/h5-13H,4,14H2,1-3H3,(H,21,23). The highest BCUT2D eigenvalue weighted by Gasteiger charge is 2.25. The van der Waals surface area contributed by atoms with Crippen LogP contribution in [0.15, 0.2) is 54.6 Å². The Morgan fingerprint density at radius 3 is 2.26 bits per heavy atom. The van der Waals surface area contributed by atoms with Gasteiger partial charge in [0.25, 0.3) is 0 Å². The van der Waals surface area contributed by atoms with Crippen LogP contribution in [0.2, 0.25) is 5.02 Å². The summed E-state index contributed by atoms with van der Waals surface area (Å²) < 4.78 is 0. The second-order valence-electron chi connectivity index (χ2n) is 6.06. The molecule has 0 saturated heterocycles. The van der Waals surface area contributed by atoms with Crippen molar-refractivity contribution in [2.24, 2.45) is 0 Å². The van der Waals surface area contributed by atoms with Crippen LogP contribution < -0.4 is 5.32 Å². The van der Waals surface area contributed by atoms with Crippen LogP contribution in [0.5, 0.6) is 0 Å². The third kappa shape index (κ3) is 4.73. The first-order valence-corrected chi connectivity index (χ1v) is 8.17. The summed E-state index contributed by atoms with van der Waals surface area (Å²) in [5.74, 6) is 0. The third-order valence-corrected chi connectivity index (χ3v) is 4.12. The monoisotopic (exact) mass is 330 g/mol. The van der Waals surface area contributed by atoms with Gasteiger partial charge >= 0.3 is 6.03 Å². The molecule has 23 heavy (non-hydrogen) atoms. The number of amides is 2. The molecule has 0 spiro atoms. The van der Waals surface area contributed by atoms with Crippen LogP contribution in [0, 0.1) is 0 Å². The number of rotatable bonds is 5. The summed E-state index contributed by atoms with van der Waals surface area (Å²) >= 11 is 5.94. The van der Waals surface area contributed by atoms with Crippen molar-refractivity contribution in [3.05, 3.63) is 70.7 Å². The molecule has 0 aliphatic carbocycles. The molecule has 2 aromatic rings. The number of halogens is 1. The molecule has 0 radical (unpaired) electrons. The van der Waals surface area contributed by atoms with E-state index in [2.05, 4.69) is 5.32 Å². The van der Waals surface area contributed by atoms with Gasteiger partial charge in [-0.2, -0.15) is 0 Å². The average molecular weight is 331 g/mol. The van der Waals surface area contributed by atoms with E-state index in [1.54, 1.807) is 4.90 Å². The van der Waals surface area contributed by atoms with E-state index in [9.17, 15) is 4.79 Å². The van der Waals surface area contributed by atoms with Crippen molar-refractivity contribution in [2.45, 2.75) is 32.9 Å². The number of carbonyl (C=O) groups is 1. The highest BCUT2D eigenvalue weighted by atomic mass is 35.5. The zero-order valence-electron chi connectivity index (χ0n) is 13.8. The Hall–Kier alpha value is -2.00. The van der Waals surface area contributed by atoms with Gasteiger partial charge in [-0.15, -0.1) is 0 Å². The predicted molar refractivity (Wildman–Crippen MR) is 95.5 cm³/mol. The predicted octanol–water partition coefficient (Wildman–Crippen LogP) is 4.81. The Kier molecular flexibility index (Phi) is 5.67. The molecule has 0 bridgehead atoms. The first-order valence-electron chi connectivity index (χ1n) is 7.79. The molecular weight excluding hydrogens is 308 g/mol. The van der Waals surface area contributed by atoms with Crippen molar-refractivity contribution in [3.63, 3.8) is 0 Å². The Labute approximate surface area is 143 Å². The van der Waals surface area contributed by atoms with Crippen LogP contribution >= 0.6 is 11.6 Å². The summed E-state index contributed by atoms with van der Waals surface area (Å²) in [4.78, 5) is 14.4. The molecule has 2 amide bonds. The number of nitrogens with zero attached hydrogens (tertiary/aromatic N) is 1. The summed E-state index contributed by atoms with van der Waals surface area (Å²) in [5, 5.41) is 3.80. The van der Waals surface area contributed by atoms with Crippen molar-refractivity contribution in [3.8, 4) is 0 Å². The smallest absolute Gasteiger partial charge is 0.318 e. The quantitative estimate of drug-likeness (QED) is 0.838. The third-order valence-electron chi connectivity index (χ3n) is 3.87. The molecule has 0 aromatic heterocycles. The molecule has 0 unspecified atom stereocenters. The Balaban J connectivity index is 2.07. The molecule has 4 heteroatoms. The highest BCUT2D eigenvalue weighted by molar-refractivity contribution is 6.30. The zero-order chi connectivity index (χ0) is 16.9. The Morgan fingerprint density at radius 2 is 1.70 bits per heavy atom. The van der Waals surface area contributed by atoms with Gasteiger partial charge in [0.05, 0.1) is 5.54 Å². The maximum atomic E-state index is 12.6. The minimum absolute atomic E-state index is 0.0729. The van der Waals surface area contributed by atoms with Crippen LogP contribution in [-0.2, 0) is 12.1 Å².